The molecule has 0 aliphatic carbocycles. The topological polar surface area (TPSA) is 68.0 Å². The first-order valence-corrected chi connectivity index (χ1v) is 6.25. The highest BCUT2D eigenvalue weighted by Crippen LogP contribution is 2.15. The van der Waals surface area contributed by atoms with Gasteiger partial charge in [0.2, 0.25) is 0 Å². The van der Waals surface area contributed by atoms with Gasteiger partial charge in [-0.2, -0.15) is 0 Å². The van der Waals surface area contributed by atoms with Gasteiger partial charge in [0, 0.05) is 10.9 Å². The Balaban J connectivity index is 2.18. The molecule has 0 amide bonds. The molecule has 0 spiro atoms. The Morgan fingerprint density at radius 3 is 3.00 bits per heavy atom. The van der Waals surface area contributed by atoms with Crippen molar-refractivity contribution in [2.45, 2.75) is 13.3 Å². The SMILES string of the molecule is CC(Cc1cn(-c2cccc(Br)c2)nn1)C(=O)O. The molecule has 94 valence electrons. The van der Waals surface area contributed by atoms with Gasteiger partial charge in [0.25, 0.3) is 0 Å². The van der Waals surface area contributed by atoms with Crippen molar-refractivity contribution < 1.29 is 9.90 Å². The fourth-order valence-electron chi connectivity index (χ4n) is 1.54. The minimum Gasteiger partial charge on any atom is -0.481 e. The molecule has 5 nitrogen and oxygen atoms in total. The molecule has 6 heteroatoms. The van der Waals surface area contributed by atoms with Gasteiger partial charge >= 0.3 is 5.97 Å². The number of rotatable bonds is 4. The molecule has 0 aliphatic rings. The number of halogens is 1. The summed E-state index contributed by atoms with van der Waals surface area (Å²) in [6.07, 6.45) is 2.13. The fourth-order valence-corrected chi connectivity index (χ4v) is 1.92. The quantitative estimate of drug-likeness (QED) is 0.941. The van der Waals surface area contributed by atoms with E-state index in [4.69, 9.17) is 5.11 Å². The Kier molecular flexibility index (Phi) is 3.76. The molecule has 0 saturated heterocycles. The van der Waals surface area contributed by atoms with Gasteiger partial charge in [0.1, 0.15) is 0 Å². The zero-order valence-corrected chi connectivity index (χ0v) is 11.3. The van der Waals surface area contributed by atoms with E-state index < -0.39 is 11.9 Å². The summed E-state index contributed by atoms with van der Waals surface area (Å²) in [4.78, 5) is 10.8. The largest absolute Gasteiger partial charge is 0.481 e. The summed E-state index contributed by atoms with van der Waals surface area (Å²) in [5.41, 5.74) is 1.55. The Morgan fingerprint density at radius 1 is 1.56 bits per heavy atom. The highest BCUT2D eigenvalue weighted by Gasteiger charge is 2.14. The van der Waals surface area contributed by atoms with Crippen LogP contribution < -0.4 is 0 Å². The van der Waals surface area contributed by atoms with Crippen LogP contribution in [0.2, 0.25) is 0 Å². The summed E-state index contributed by atoms with van der Waals surface area (Å²) in [5.74, 6) is -1.29. The number of aromatic nitrogens is 3. The first kappa shape index (κ1) is 12.8. The van der Waals surface area contributed by atoms with E-state index >= 15 is 0 Å². The van der Waals surface area contributed by atoms with E-state index in [0.717, 1.165) is 10.2 Å². The lowest BCUT2D eigenvalue weighted by atomic mass is 10.1. The summed E-state index contributed by atoms with van der Waals surface area (Å²) in [7, 11) is 0. The third-order valence-corrected chi connectivity index (χ3v) is 3.04. The molecular weight excluding hydrogens is 298 g/mol. The second-order valence-corrected chi connectivity index (χ2v) is 4.99. The maximum atomic E-state index is 10.8. The van der Waals surface area contributed by atoms with Crippen LogP contribution >= 0.6 is 15.9 Å². The number of aliphatic carboxylic acids is 1. The number of carboxylic acid groups (broad SMARTS) is 1. The maximum absolute atomic E-state index is 10.8. The van der Waals surface area contributed by atoms with Gasteiger partial charge in [-0.25, -0.2) is 4.68 Å². The highest BCUT2D eigenvalue weighted by atomic mass is 79.9. The fraction of sp³-hybridized carbons (Fsp3) is 0.250. The molecule has 2 rings (SSSR count). The van der Waals surface area contributed by atoms with Crippen molar-refractivity contribution in [3.8, 4) is 5.69 Å². The van der Waals surface area contributed by atoms with Crippen LogP contribution in [0, 0.1) is 5.92 Å². The summed E-state index contributed by atoms with van der Waals surface area (Å²) in [6, 6.07) is 7.65. The zero-order valence-electron chi connectivity index (χ0n) is 9.75. The maximum Gasteiger partial charge on any atom is 0.306 e. The molecule has 1 heterocycles. The van der Waals surface area contributed by atoms with Crippen molar-refractivity contribution >= 4 is 21.9 Å². The number of hydrogen-bond acceptors (Lipinski definition) is 3. The van der Waals surface area contributed by atoms with E-state index in [2.05, 4.69) is 26.2 Å². The average molecular weight is 310 g/mol. The second-order valence-electron chi connectivity index (χ2n) is 4.08. The predicted octanol–water partition coefficient (Wildman–Crippen LogP) is 2.29. The summed E-state index contributed by atoms with van der Waals surface area (Å²) < 4.78 is 2.59. The van der Waals surface area contributed by atoms with E-state index in [-0.39, 0.29) is 0 Å². The van der Waals surface area contributed by atoms with Crippen LogP contribution in [-0.4, -0.2) is 26.1 Å². The van der Waals surface area contributed by atoms with E-state index in [1.165, 1.54) is 0 Å². The van der Waals surface area contributed by atoms with E-state index in [0.29, 0.717) is 12.1 Å². The molecule has 1 unspecified atom stereocenters. The van der Waals surface area contributed by atoms with Crippen LogP contribution in [0.5, 0.6) is 0 Å². The third kappa shape index (κ3) is 2.95. The van der Waals surface area contributed by atoms with Crippen LogP contribution in [0.4, 0.5) is 0 Å². The standard InChI is InChI=1S/C12H12BrN3O2/c1-8(12(17)18)5-10-7-16(15-14-10)11-4-2-3-9(13)6-11/h2-4,6-8H,5H2,1H3,(H,17,18). The van der Waals surface area contributed by atoms with E-state index in [1.54, 1.807) is 17.8 Å². The average Bonchev–Trinajstić information content (AvgIpc) is 2.77. The second kappa shape index (κ2) is 5.30. The molecule has 18 heavy (non-hydrogen) atoms. The minimum absolute atomic E-state index is 0.378. The first-order valence-electron chi connectivity index (χ1n) is 5.46. The van der Waals surface area contributed by atoms with Crippen molar-refractivity contribution in [2.24, 2.45) is 5.92 Å². The Bertz CT molecular complexity index is 568. The van der Waals surface area contributed by atoms with Gasteiger partial charge in [-0.1, -0.05) is 34.1 Å². The molecule has 1 atom stereocenters. The summed E-state index contributed by atoms with van der Waals surface area (Å²) in [6.45, 7) is 1.65. The van der Waals surface area contributed by atoms with Crippen LogP contribution in [0.15, 0.2) is 34.9 Å². The van der Waals surface area contributed by atoms with Gasteiger partial charge in [-0.05, 0) is 18.2 Å². The molecule has 0 bridgehead atoms. The monoisotopic (exact) mass is 309 g/mol. The summed E-state index contributed by atoms with van der Waals surface area (Å²) in [5, 5.41) is 16.8. The number of benzene rings is 1. The lowest BCUT2D eigenvalue weighted by Crippen LogP contribution is -2.12. The minimum atomic E-state index is -0.827. The number of hydrogen-bond donors (Lipinski definition) is 1. The molecule has 1 N–H and O–H groups in total. The normalized spacial score (nSPS) is 12.3. The molecular formula is C12H12BrN3O2. The summed E-state index contributed by atoms with van der Waals surface area (Å²) >= 11 is 3.39. The van der Waals surface area contributed by atoms with Crippen LogP contribution in [0.25, 0.3) is 5.69 Å². The van der Waals surface area contributed by atoms with Gasteiger partial charge in [-0.15, -0.1) is 5.10 Å². The molecule has 0 radical (unpaired) electrons. The Morgan fingerprint density at radius 2 is 2.33 bits per heavy atom. The Hall–Kier alpha value is -1.69. The van der Waals surface area contributed by atoms with Crippen molar-refractivity contribution in [3.05, 3.63) is 40.6 Å². The van der Waals surface area contributed by atoms with Crippen molar-refractivity contribution in [1.82, 2.24) is 15.0 Å². The zero-order chi connectivity index (χ0) is 13.1. The van der Waals surface area contributed by atoms with Gasteiger partial charge < -0.3 is 5.11 Å². The third-order valence-electron chi connectivity index (χ3n) is 2.55. The van der Waals surface area contributed by atoms with Crippen LogP contribution in [-0.2, 0) is 11.2 Å². The Labute approximate surface area is 113 Å². The molecule has 0 fully saturated rings. The predicted molar refractivity (Wildman–Crippen MR) is 69.6 cm³/mol. The van der Waals surface area contributed by atoms with Crippen LogP contribution in [0.3, 0.4) is 0 Å². The lowest BCUT2D eigenvalue weighted by molar-refractivity contribution is -0.141. The van der Waals surface area contributed by atoms with E-state index in [1.807, 2.05) is 24.3 Å². The van der Waals surface area contributed by atoms with Crippen molar-refractivity contribution in [1.29, 1.82) is 0 Å². The highest BCUT2D eigenvalue weighted by molar-refractivity contribution is 9.10. The molecule has 1 aromatic heterocycles. The number of carboxylic acids is 1. The number of carbonyl (C=O) groups is 1. The molecule has 2 aromatic rings. The van der Waals surface area contributed by atoms with Crippen molar-refractivity contribution in [2.75, 3.05) is 0 Å². The van der Waals surface area contributed by atoms with Gasteiger partial charge in [0.15, 0.2) is 0 Å². The lowest BCUT2D eigenvalue weighted by Gasteiger charge is -2.01. The molecule has 0 aliphatic heterocycles. The molecule has 0 saturated carbocycles. The number of nitrogens with zero attached hydrogens (tertiary/aromatic N) is 3. The smallest absolute Gasteiger partial charge is 0.306 e. The van der Waals surface area contributed by atoms with E-state index in [9.17, 15) is 4.79 Å². The van der Waals surface area contributed by atoms with Gasteiger partial charge in [0.05, 0.1) is 23.5 Å². The van der Waals surface area contributed by atoms with Gasteiger partial charge in [-0.3, -0.25) is 4.79 Å². The first-order chi connectivity index (χ1) is 8.56. The van der Waals surface area contributed by atoms with Crippen molar-refractivity contribution in [3.63, 3.8) is 0 Å². The molecule has 1 aromatic carbocycles. The van der Waals surface area contributed by atoms with Crippen LogP contribution in [0.1, 0.15) is 12.6 Å².